The number of ether oxygens (including phenoxy) is 2. The number of para-hydroxylation sites is 1. The lowest BCUT2D eigenvalue weighted by Gasteiger charge is -2.28. The molecule has 52 heavy (non-hydrogen) atoms. The number of aliphatic carboxylic acids is 1. The molecule has 266 valence electrons. The monoisotopic (exact) mass is 701 g/mol. The number of carbonyl (C=O) groups excluding carboxylic acids is 3. The van der Waals surface area contributed by atoms with E-state index in [-0.39, 0.29) is 24.9 Å². The van der Waals surface area contributed by atoms with Crippen molar-refractivity contribution in [3.8, 4) is 11.5 Å². The van der Waals surface area contributed by atoms with E-state index in [2.05, 4.69) is 15.8 Å². The number of carboxylic acids is 1. The van der Waals surface area contributed by atoms with Gasteiger partial charge in [0.1, 0.15) is 30.8 Å². The second kappa shape index (κ2) is 15.8. The zero-order valence-electron chi connectivity index (χ0n) is 28.8. The summed E-state index contributed by atoms with van der Waals surface area (Å²) < 4.78 is 11.8. The second-order valence-corrected chi connectivity index (χ2v) is 13.1. The molecule has 1 aliphatic heterocycles. The lowest BCUT2D eigenvalue weighted by atomic mass is 9.89. The third kappa shape index (κ3) is 8.21. The summed E-state index contributed by atoms with van der Waals surface area (Å²) in [6.45, 7) is 3.01. The van der Waals surface area contributed by atoms with Crippen molar-refractivity contribution in [1.82, 2.24) is 10.6 Å². The summed E-state index contributed by atoms with van der Waals surface area (Å²) in [5, 5.41) is 23.3. The van der Waals surface area contributed by atoms with Crippen LogP contribution in [0, 0.1) is 5.92 Å². The maximum Gasteiger partial charge on any atom is 0.305 e. The van der Waals surface area contributed by atoms with Crippen LogP contribution in [-0.2, 0) is 19.2 Å². The van der Waals surface area contributed by atoms with E-state index in [1.165, 1.54) is 0 Å². The summed E-state index contributed by atoms with van der Waals surface area (Å²) in [5.41, 5.74) is -0.947. The predicted molar refractivity (Wildman–Crippen MR) is 196 cm³/mol. The number of amides is 2. The molecular formula is C41H39N3O8. The SMILES string of the molecule is CC(C)C(NC(=O)c1ccc2ccccc2c1)C1=NOC(COc2ccccc2)(C(=O)NC(CC(=O)O)C(=O)COc2cccc3ccccc23)C1. The Morgan fingerprint density at radius 2 is 1.50 bits per heavy atom. The lowest BCUT2D eigenvalue weighted by molar-refractivity contribution is -0.151. The Hall–Kier alpha value is -6.23. The van der Waals surface area contributed by atoms with Gasteiger partial charge < -0.3 is 30.1 Å². The van der Waals surface area contributed by atoms with Crippen molar-refractivity contribution in [3.63, 3.8) is 0 Å². The number of carboxylic acid groups (broad SMARTS) is 1. The van der Waals surface area contributed by atoms with Gasteiger partial charge in [0, 0.05) is 17.4 Å². The van der Waals surface area contributed by atoms with Gasteiger partial charge in [-0.3, -0.25) is 19.2 Å². The molecule has 1 heterocycles. The van der Waals surface area contributed by atoms with Crippen LogP contribution in [0.4, 0.5) is 0 Å². The molecule has 0 radical (unpaired) electrons. The van der Waals surface area contributed by atoms with Crippen LogP contribution in [0.1, 0.15) is 37.0 Å². The van der Waals surface area contributed by atoms with E-state index in [9.17, 15) is 24.3 Å². The number of hydrogen-bond acceptors (Lipinski definition) is 8. The lowest BCUT2D eigenvalue weighted by Crippen LogP contribution is -2.57. The fraction of sp³-hybridized carbons (Fsp3) is 0.244. The number of fused-ring (bicyclic) bond motifs is 2. The quantitative estimate of drug-likeness (QED) is 0.121. The molecular weight excluding hydrogens is 662 g/mol. The number of hydrogen-bond donors (Lipinski definition) is 3. The van der Waals surface area contributed by atoms with Gasteiger partial charge in [0.15, 0.2) is 5.78 Å². The molecule has 1 aliphatic rings. The number of nitrogens with zero attached hydrogens (tertiary/aromatic N) is 1. The number of ketones is 1. The molecule has 0 spiro atoms. The summed E-state index contributed by atoms with van der Waals surface area (Å²) in [6.07, 6.45) is -0.795. The average Bonchev–Trinajstić information content (AvgIpc) is 3.60. The fourth-order valence-electron chi connectivity index (χ4n) is 6.12. The highest BCUT2D eigenvalue weighted by Gasteiger charge is 2.50. The Bertz CT molecular complexity index is 2130. The van der Waals surface area contributed by atoms with Crippen molar-refractivity contribution in [1.29, 1.82) is 0 Å². The standard InChI is InChI=1S/C41H39N3O8/c1-26(2)38(43-39(48)30-20-19-27-11-6-7-13-29(27)21-30)34-23-41(52-44-34,25-51-31-15-4-3-5-16-31)40(49)42-33(22-37(46)47)35(45)24-50-36-18-10-14-28-12-8-9-17-32(28)36/h3-21,26,33,38H,22-25H2,1-2H3,(H,42,49)(H,43,48)(H,46,47). The molecule has 3 N–H and O–H groups in total. The van der Waals surface area contributed by atoms with Gasteiger partial charge in [0.25, 0.3) is 17.4 Å². The number of oxime groups is 1. The minimum atomic E-state index is -1.79. The van der Waals surface area contributed by atoms with Crippen molar-refractivity contribution in [3.05, 3.63) is 121 Å². The molecule has 0 aliphatic carbocycles. The van der Waals surface area contributed by atoms with Crippen LogP contribution in [-0.4, -0.2) is 65.3 Å². The van der Waals surface area contributed by atoms with Gasteiger partial charge in [-0.05, 0) is 52.4 Å². The predicted octanol–water partition coefficient (Wildman–Crippen LogP) is 5.95. The minimum absolute atomic E-state index is 0.104. The van der Waals surface area contributed by atoms with E-state index in [0.717, 1.165) is 21.5 Å². The normalized spacial score (nSPS) is 16.4. The molecule has 5 aromatic rings. The first-order valence-corrected chi connectivity index (χ1v) is 17.0. The zero-order chi connectivity index (χ0) is 36.7. The molecule has 0 fully saturated rings. The molecule has 6 rings (SSSR count). The van der Waals surface area contributed by atoms with Gasteiger partial charge in [-0.15, -0.1) is 0 Å². The Labute approximate surface area is 300 Å². The van der Waals surface area contributed by atoms with E-state index in [0.29, 0.717) is 22.8 Å². The average molecular weight is 702 g/mol. The first kappa shape index (κ1) is 35.6. The number of benzene rings is 5. The molecule has 0 saturated carbocycles. The molecule has 3 atom stereocenters. The van der Waals surface area contributed by atoms with E-state index in [1.54, 1.807) is 42.5 Å². The topological polar surface area (TPSA) is 153 Å². The first-order valence-electron chi connectivity index (χ1n) is 17.0. The summed E-state index contributed by atoms with van der Waals surface area (Å²) in [5.74, 6) is -2.32. The highest BCUT2D eigenvalue weighted by Crippen LogP contribution is 2.30. The number of rotatable bonds is 15. The van der Waals surface area contributed by atoms with E-state index in [1.807, 2.05) is 86.6 Å². The van der Waals surface area contributed by atoms with Crippen LogP contribution in [0.15, 0.2) is 120 Å². The number of carbonyl (C=O) groups is 4. The van der Waals surface area contributed by atoms with Crippen LogP contribution >= 0.6 is 0 Å². The first-order chi connectivity index (χ1) is 25.1. The molecule has 2 amide bonds. The molecule has 0 saturated heterocycles. The van der Waals surface area contributed by atoms with Gasteiger partial charge >= 0.3 is 5.97 Å². The molecule has 11 nitrogen and oxygen atoms in total. The molecule has 5 aromatic carbocycles. The van der Waals surface area contributed by atoms with Crippen LogP contribution < -0.4 is 20.1 Å². The smallest absolute Gasteiger partial charge is 0.305 e. The van der Waals surface area contributed by atoms with E-state index < -0.39 is 48.4 Å². The van der Waals surface area contributed by atoms with Crippen LogP contribution in [0.3, 0.4) is 0 Å². The fourth-order valence-corrected chi connectivity index (χ4v) is 6.12. The van der Waals surface area contributed by atoms with Gasteiger partial charge in [-0.2, -0.15) is 0 Å². The summed E-state index contributed by atoms with van der Waals surface area (Å²) >= 11 is 0. The molecule has 0 aromatic heterocycles. The number of nitrogens with one attached hydrogen (secondary N) is 2. The molecule has 3 unspecified atom stereocenters. The highest BCUT2D eigenvalue weighted by atomic mass is 16.7. The van der Waals surface area contributed by atoms with Gasteiger partial charge in [0.2, 0.25) is 0 Å². The van der Waals surface area contributed by atoms with E-state index in [4.69, 9.17) is 14.3 Å². The van der Waals surface area contributed by atoms with E-state index >= 15 is 0 Å². The largest absolute Gasteiger partial charge is 0.489 e. The Morgan fingerprint density at radius 1 is 0.808 bits per heavy atom. The van der Waals surface area contributed by atoms with Crippen molar-refractivity contribution >= 4 is 50.8 Å². The minimum Gasteiger partial charge on any atom is -0.489 e. The Morgan fingerprint density at radius 3 is 2.25 bits per heavy atom. The van der Waals surface area contributed by atoms with Gasteiger partial charge in [0.05, 0.1) is 18.2 Å². The Balaban J connectivity index is 1.21. The third-order valence-electron chi connectivity index (χ3n) is 8.95. The van der Waals surface area contributed by atoms with Gasteiger partial charge in [-0.1, -0.05) is 104 Å². The van der Waals surface area contributed by atoms with Crippen LogP contribution in [0.25, 0.3) is 21.5 Å². The van der Waals surface area contributed by atoms with Crippen LogP contribution in [0.2, 0.25) is 0 Å². The second-order valence-electron chi connectivity index (χ2n) is 13.1. The molecule has 0 bridgehead atoms. The maximum atomic E-state index is 14.2. The maximum absolute atomic E-state index is 14.2. The van der Waals surface area contributed by atoms with Crippen LogP contribution in [0.5, 0.6) is 11.5 Å². The third-order valence-corrected chi connectivity index (χ3v) is 8.95. The van der Waals surface area contributed by atoms with Gasteiger partial charge in [-0.25, -0.2) is 0 Å². The van der Waals surface area contributed by atoms with Crippen molar-refractivity contribution < 1.29 is 38.6 Å². The highest BCUT2D eigenvalue weighted by molar-refractivity contribution is 6.04. The van der Waals surface area contributed by atoms with Crippen molar-refractivity contribution in [2.75, 3.05) is 13.2 Å². The Kier molecular flexibility index (Phi) is 10.8. The number of Topliss-reactive ketones (excluding diaryl/α,β-unsaturated/α-hetero) is 1. The molecule has 11 heteroatoms. The van der Waals surface area contributed by atoms with Crippen molar-refractivity contribution in [2.24, 2.45) is 11.1 Å². The zero-order valence-corrected chi connectivity index (χ0v) is 28.8. The summed E-state index contributed by atoms with van der Waals surface area (Å²) in [6, 6.07) is 32.8. The summed E-state index contributed by atoms with van der Waals surface area (Å²) in [4.78, 5) is 58.9. The van der Waals surface area contributed by atoms with Crippen molar-refractivity contribution in [2.45, 2.75) is 44.4 Å². The summed E-state index contributed by atoms with van der Waals surface area (Å²) in [7, 11) is 0.